The van der Waals surface area contributed by atoms with Crippen LogP contribution in [0.5, 0.6) is 0 Å². The maximum Gasteiger partial charge on any atom is 0.283 e. The molecule has 1 saturated heterocycles. The first-order chi connectivity index (χ1) is 10.4. The molecule has 1 fully saturated rings. The molecule has 118 valence electrons. The minimum absolute atomic E-state index is 0.0587. The van der Waals surface area contributed by atoms with Crippen molar-refractivity contribution in [2.45, 2.75) is 18.2 Å². The van der Waals surface area contributed by atoms with Crippen LogP contribution in [0.4, 0.5) is 14.5 Å². The predicted octanol–water partition coefficient (Wildman–Crippen LogP) is 1.06. The van der Waals surface area contributed by atoms with E-state index in [0.29, 0.717) is 5.69 Å². The molecule has 8 heteroatoms. The van der Waals surface area contributed by atoms with E-state index < -0.39 is 17.1 Å². The molecule has 1 amide bonds. The molecule has 0 bridgehead atoms. The number of fused-ring (bicyclic) bond motifs is 1. The van der Waals surface area contributed by atoms with Crippen LogP contribution in [0.15, 0.2) is 23.2 Å². The van der Waals surface area contributed by atoms with Crippen molar-refractivity contribution in [3.05, 3.63) is 29.6 Å². The number of halogens is 2. The Kier molecular flexibility index (Phi) is 3.28. The van der Waals surface area contributed by atoms with Gasteiger partial charge in [0.05, 0.1) is 19.8 Å². The quantitative estimate of drug-likeness (QED) is 0.855. The van der Waals surface area contributed by atoms with Crippen LogP contribution in [-0.4, -0.2) is 37.4 Å². The van der Waals surface area contributed by atoms with Gasteiger partial charge in [0.15, 0.2) is 5.67 Å². The Morgan fingerprint density at radius 3 is 2.95 bits per heavy atom. The number of amidine groups is 1. The van der Waals surface area contributed by atoms with Crippen molar-refractivity contribution in [3.63, 3.8) is 0 Å². The summed E-state index contributed by atoms with van der Waals surface area (Å²) in [6.07, 6.45) is 0. The Hall–Kier alpha value is -2.22. The summed E-state index contributed by atoms with van der Waals surface area (Å²) in [5, 5.41) is 2.53. The van der Waals surface area contributed by atoms with Crippen molar-refractivity contribution in [1.82, 2.24) is 0 Å². The van der Waals surface area contributed by atoms with Crippen LogP contribution < -0.4 is 11.1 Å². The van der Waals surface area contributed by atoms with Crippen LogP contribution in [0.2, 0.25) is 0 Å². The summed E-state index contributed by atoms with van der Waals surface area (Å²) in [4.78, 5) is 14.9. The second-order valence-corrected chi connectivity index (χ2v) is 5.42. The third kappa shape index (κ3) is 2.10. The molecule has 6 nitrogen and oxygen atoms in total. The van der Waals surface area contributed by atoms with Gasteiger partial charge in [-0.3, -0.25) is 4.79 Å². The summed E-state index contributed by atoms with van der Waals surface area (Å²) >= 11 is 0. The van der Waals surface area contributed by atoms with E-state index in [9.17, 15) is 9.18 Å². The van der Waals surface area contributed by atoms with Gasteiger partial charge in [0, 0.05) is 18.2 Å². The normalized spacial score (nSPS) is 30.2. The number of carbonyl (C=O) groups excluding carboxylic acids is 1. The van der Waals surface area contributed by atoms with Gasteiger partial charge in [-0.1, -0.05) is 0 Å². The number of amides is 1. The lowest BCUT2D eigenvalue weighted by Crippen LogP contribution is -2.57. The Morgan fingerprint density at radius 1 is 1.45 bits per heavy atom. The molecule has 0 spiro atoms. The van der Waals surface area contributed by atoms with E-state index in [0.717, 1.165) is 6.07 Å². The number of nitrogens with two attached hydrogens (primary N) is 1. The molecule has 3 rings (SSSR count). The third-order valence-corrected chi connectivity index (χ3v) is 3.85. The van der Waals surface area contributed by atoms with Gasteiger partial charge in [0.1, 0.15) is 5.82 Å². The SMILES string of the molecule is CC(=O)Nc1ccc(F)c([C@]23COC[C@]2(F)CN=C(N)O3)c1. The maximum atomic E-state index is 15.2. The van der Waals surface area contributed by atoms with E-state index >= 15 is 4.39 Å². The van der Waals surface area contributed by atoms with E-state index in [1.807, 2.05) is 0 Å². The van der Waals surface area contributed by atoms with Gasteiger partial charge in [0.2, 0.25) is 11.5 Å². The zero-order valence-electron chi connectivity index (χ0n) is 11.9. The number of nitrogens with one attached hydrogen (secondary N) is 1. The van der Waals surface area contributed by atoms with Gasteiger partial charge < -0.3 is 20.5 Å². The number of anilines is 1. The highest BCUT2D eigenvalue weighted by Crippen LogP contribution is 2.48. The molecular weight excluding hydrogens is 296 g/mol. The number of hydrogen-bond acceptors (Lipinski definition) is 5. The minimum Gasteiger partial charge on any atom is -0.448 e. The topological polar surface area (TPSA) is 85.9 Å². The first-order valence-corrected chi connectivity index (χ1v) is 6.69. The van der Waals surface area contributed by atoms with Gasteiger partial charge in [-0.25, -0.2) is 13.8 Å². The predicted molar refractivity (Wildman–Crippen MR) is 74.6 cm³/mol. The lowest BCUT2D eigenvalue weighted by atomic mass is 9.80. The second-order valence-electron chi connectivity index (χ2n) is 5.42. The minimum atomic E-state index is -2.02. The second kappa shape index (κ2) is 4.91. The maximum absolute atomic E-state index is 15.2. The van der Waals surface area contributed by atoms with Crippen LogP contribution in [0.3, 0.4) is 0 Å². The smallest absolute Gasteiger partial charge is 0.283 e. The highest BCUT2D eigenvalue weighted by molar-refractivity contribution is 5.88. The summed E-state index contributed by atoms with van der Waals surface area (Å²) in [6.45, 7) is 0.581. The molecule has 0 saturated carbocycles. The van der Waals surface area contributed by atoms with Gasteiger partial charge in [0.25, 0.3) is 6.02 Å². The number of nitrogens with zero attached hydrogens (tertiary/aromatic N) is 1. The molecule has 2 aliphatic rings. The van der Waals surface area contributed by atoms with E-state index in [1.165, 1.54) is 19.1 Å². The van der Waals surface area contributed by atoms with Crippen molar-refractivity contribution < 1.29 is 23.0 Å². The number of rotatable bonds is 2. The van der Waals surface area contributed by atoms with Crippen LogP contribution in [0.1, 0.15) is 12.5 Å². The average Bonchev–Trinajstić information content (AvgIpc) is 2.78. The molecule has 2 heterocycles. The molecule has 3 N–H and O–H groups in total. The van der Waals surface area contributed by atoms with Crippen molar-refractivity contribution >= 4 is 17.6 Å². The molecule has 0 radical (unpaired) electrons. The van der Waals surface area contributed by atoms with Crippen molar-refractivity contribution in [1.29, 1.82) is 0 Å². The van der Waals surface area contributed by atoms with Crippen molar-refractivity contribution in [2.24, 2.45) is 10.7 Å². The molecule has 2 atom stereocenters. The van der Waals surface area contributed by atoms with E-state index in [-0.39, 0.29) is 37.3 Å². The zero-order valence-corrected chi connectivity index (χ0v) is 11.9. The molecule has 22 heavy (non-hydrogen) atoms. The number of carbonyl (C=O) groups is 1. The van der Waals surface area contributed by atoms with E-state index in [4.69, 9.17) is 15.2 Å². The lowest BCUT2D eigenvalue weighted by Gasteiger charge is -2.40. The molecule has 2 aliphatic heterocycles. The Bertz CT molecular complexity index is 667. The molecular formula is C14H15F2N3O3. The monoisotopic (exact) mass is 311 g/mol. The molecule has 1 aromatic carbocycles. The molecule has 0 aliphatic carbocycles. The number of hydrogen-bond donors (Lipinski definition) is 2. The van der Waals surface area contributed by atoms with Gasteiger partial charge in [-0.15, -0.1) is 0 Å². The van der Waals surface area contributed by atoms with Crippen LogP contribution in [0, 0.1) is 5.82 Å². The molecule has 0 aromatic heterocycles. The van der Waals surface area contributed by atoms with E-state index in [2.05, 4.69) is 10.3 Å². The van der Waals surface area contributed by atoms with Crippen LogP contribution >= 0.6 is 0 Å². The molecule has 0 unspecified atom stereocenters. The fraction of sp³-hybridized carbons (Fsp3) is 0.429. The molecule has 1 aromatic rings. The number of ether oxygens (including phenoxy) is 2. The number of benzene rings is 1. The standard InChI is InChI=1S/C14H15F2N3O3/c1-8(20)19-9-2-3-11(15)10(4-9)14-7-21-6-13(14,16)5-18-12(17)22-14/h2-4H,5-7H2,1H3,(H2,17,18)(H,19,20)/t13-,14-/m1/s1. The summed E-state index contributed by atoms with van der Waals surface area (Å²) in [7, 11) is 0. The fourth-order valence-corrected chi connectivity index (χ4v) is 2.80. The number of aliphatic imine (C=N–C) groups is 1. The Labute approximate surface area is 125 Å². The first-order valence-electron chi connectivity index (χ1n) is 6.69. The summed E-state index contributed by atoms with van der Waals surface area (Å²) in [6, 6.07) is 3.63. The summed E-state index contributed by atoms with van der Waals surface area (Å²) in [5.41, 5.74) is 2.09. The number of alkyl halides is 1. The van der Waals surface area contributed by atoms with Gasteiger partial charge in [-0.2, -0.15) is 0 Å². The fourth-order valence-electron chi connectivity index (χ4n) is 2.80. The Balaban J connectivity index is 2.11. The third-order valence-electron chi connectivity index (χ3n) is 3.85. The summed E-state index contributed by atoms with van der Waals surface area (Å²) in [5.74, 6) is -0.994. The lowest BCUT2D eigenvalue weighted by molar-refractivity contribution is -0.114. The summed E-state index contributed by atoms with van der Waals surface area (Å²) < 4.78 is 40.1. The van der Waals surface area contributed by atoms with Crippen molar-refractivity contribution in [3.8, 4) is 0 Å². The largest absolute Gasteiger partial charge is 0.448 e. The Morgan fingerprint density at radius 2 is 2.23 bits per heavy atom. The van der Waals surface area contributed by atoms with Crippen molar-refractivity contribution in [2.75, 3.05) is 25.1 Å². The first kappa shape index (κ1) is 14.7. The highest BCUT2D eigenvalue weighted by atomic mass is 19.1. The van der Waals surface area contributed by atoms with Gasteiger partial charge >= 0.3 is 0 Å². The van der Waals surface area contributed by atoms with Crippen LogP contribution in [-0.2, 0) is 19.9 Å². The average molecular weight is 311 g/mol. The van der Waals surface area contributed by atoms with Gasteiger partial charge in [-0.05, 0) is 18.2 Å². The van der Waals surface area contributed by atoms with E-state index in [1.54, 1.807) is 0 Å². The zero-order chi connectivity index (χ0) is 16.0. The van der Waals surface area contributed by atoms with Crippen LogP contribution in [0.25, 0.3) is 0 Å². The highest BCUT2D eigenvalue weighted by Gasteiger charge is 2.63.